The largest absolute Gasteiger partial charge is 0.448 e. The van der Waals surface area contributed by atoms with Crippen molar-refractivity contribution < 1.29 is 19.0 Å². The average molecular weight is 417 g/mol. The molecule has 0 aromatic heterocycles. The topological polar surface area (TPSA) is 49.8 Å². The molecule has 1 fully saturated rings. The van der Waals surface area contributed by atoms with Gasteiger partial charge in [0.1, 0.15) is 12.4 Å². The van der Waals surface area contributed by atoms with Crippen molar-refractivity contribution in [3.8, 4) is 11.1 Å². The van der Waals surface area contributed by atoms with Gasteiger partial charge >= 0.3 is 6.09 Å². The number of hydrogen-bond acceptors (Lipinski definition) is 3. The Morgan fingerprint density at radius 3 is 2.13 bits per heavy atom. The van der Waals surface area contributed by atoms with Gasteiger partial charge in [-0.2, -0.15) is 0 Å². The van der Waals surface area contributed by atoms with Crippen molar-refractivity contribution >= 4 is 6.09 Å². The minimum atomic E-state index is -0.887. The van der Waals surface area contributed by atoms with E-state index < -0.39 is 12.2 Å². The maximum absolute atomic E-state index is 13.2. The molecule has 0 radical (unpaired) electrons. The summed E-state index contributed by atoms with van der Waals surface area (Å²) in [6, 6.07) is 22.2. The molecular formula is C26H24FNO3. The van der Waals surface area contributed by atoms with Crippen molar-refractivity contribution in [2.24, 2.45) is 0 Å². The highest BCUT2D eigenvalue weighted by atomic mass is 19.1. The summed E-state index contributed by atoms with van der Waals surface area (Å²) < 4.78 is 18.9. The Morgan fingerprint density at radius 2 is 1.55 bits per heavy atom. The van der Waals surface area contributed by atoms with Crippen molar-refractivity contribution in [3.63, 3.8) is 0 Å². The smallest absolute Gasteiger partial charge is 0.410 e. The normalized spacial score (nSPS) is 15.8. The molecule has 0 heterocycles. The van der Waals surface area contributed by atoms with Crippen LogP contribution < -0.4 is 0 Å². The van der Waals surface area contributed by atoms with Crippen LogP contribution in [0.15, 0.2) is 72.8 Å². The zero-order valence-electron chi connectivity index (χ0n) is 17.1. The summed E-state index contributed by atoms with van der Waals surface area (Å²) in [5.74, 6) is -0.356. The summed E-state index contributed by atoms with van der Waals surface area (Å²) in [5.41, 5.74) is 5.29. The van der Waals surface area contributed by atoms with Crippen molar-refractivity contribution in [1.82, 2.24) is 4.90 Å². The number of ether oxygens (including phenoxy) is 1. The van der Waals surface area contributed by atoms with E-state index in [1.165, 1.54) is 34.4 Å². The summed E-state index contributed by atoms with van der Waals surface area (Å²) in [6.07, 6.45) is 0.507. The van der Waals surface area contributed by atoms with E-state index in [0.29, 0.717) is 5.56 Å². The second kappa shape index (κ2) is 8.16. The van der Waals surface area contributed by atoms with Crippen LogP contribution in [-0.2, 0) is 4.74 Å². The Kier molecular flexibility index (Phi) is 5.20. The molecule has 4 nitrogen and oxygen atoms in total. The van der Waals surface area contributed by atoms with Crippen LogP contribution in [0.1, 0.15) is 41.6 Å². The van der Waals surface area contributed by atoms with Gasteiger partial charge in [0.25, 0.3) is 0 Å². The number of amides is 1. The average Bonchev–Trinajstić information content (AvgIpc) is 3.59. The van der Waals surface area contributed by atoms with E-state index in [1.54, 1.807) is 17.0 Å². The Balaban J connectivity index is 1.29. The first-order chi connectivity index (χ1) is 15.1. The van der Waals surface area contributed by atoms with E-state index in [0.717, 1.165) is 12.8 Å². The molecule has 1 atom stereocenters. The number of halogens is 1. The third-order valence-corrected chi connectivity index (χ3v) is 6.18. The lowest BCUT2D eigenvalue weighted by molar-refractivity contribution is 0.0681. The third-order valence-electron chi connectivity index (χ3n) is 6.18. The number of aliphatic hydroxyl groups excluding tert-OH is 1. The molecule has 2 aliphatic carbocycles. The molecule has 1 N–H and O–H groups in total. The van der Waals surface area contributed by atoms with Crippen molar-refractivity contribution in [3.05, 3.63) is 95.3 Å². The second-order valence-corrected chi connectivity index (χ2v) is 8.25. The van der Waals surface area contributed by atoms with Gasteiger partial charge in [0.2, 0.25) is 0 Å². The summed E-state index contributed by atoms with van der Waals surface area (Å²) in [6.45, 7) is 0.385. The van der Waals surface area contributed by atoms with E-state index in [2.05, 4.69) is 24.3 Å². The summed E-state index contributed by atoms with van der Waals surface area (Å²) in [4.78, 5) is 14.6. The zero-order chi connectivity index (χ0) is 21.4. The Labute approximate surface area is 180 Å². The molecule has 158 valence electrons. The fourth-order valence-electron chi connectivity index (χ4n) is 4.41. The van der Waals surface area contributed by atoms with Gasteiger partial charge in [0.05, 0.1) is 12.6 Å². The predicted molar refractivity (Wildman–Crippen MR) is 116 cm³/mol. The van der Waals surface area contributed by atoms with Crippen LogP contribution in [0.4, 0.5) is 9.18 Å². The lowest BCUT2D eigenvalue weighted by Crippen LogP contribution is -2.37. The number of carbonyl (C=O) groups is 1. The number of hydrogen-bond donors (Lipinski definition) is 1. The number of nitrogens with zero attached hydrogens (tertiary/aromatic N) is 1. The molecular weight excluding hydrogens is 393 g/mol. The fraction of sp³-hybridized carbons (Fsp3) is 0.269. The Bertz CT molecular complexity index is 1050. The van der Waals surface area contributed by atoms with Gasteiger partial charge in [-0.05, 0) is 52.8 Å². The first kappa shape index (κ1) is 19.8. The minimum absolute atomic E-state index is 0.000532. The number of aliphatic hydroxyl groups is 1. The lowest BCUT2D eigenvalue weighted by Gasteiger charge is -2.26. The fourth-order valence-corrected chi connectivity index (χ4v) is 4.41. The maximum atomic E-state index is 13.2. The van der Waals surface area contributed by atoms with Gasteiger partial charge in [0, 0.05) is 12.0 Å². The molecule has 0 spiro atoms. The highest BCUT2D eigenvalue weighted by Crippen LogP contribution is 2.44. The molecule has 3 aromatic rings. The number of carbonyl (C=O) groups excluding carboxylic acids is 1. The van der Waals surface area contributed by atoms with Gasteiger partial charge in [-0.15, -0.1) is 0 Å². The second-order valence-electron chi connectivity index (χ2n) is 8.25. The summed E-state index contributed by atoms with van der Waals surface area (Å²) in [7, 11) is 0. The van der Waals surface area contributed by atoms with Gasteiger partial charge in [0.15, 0.2) is 0 Å². The number of benzene rings is 3. The third kappa shape index (κ3) is 3.93. The summed E-state index contributed by atoms with van der Waals surface area (Å²) >= 11 is 0. The quantitative estimate of drug-likeness (QED) is 0.594. The monoisotopic (exact) mass is 417 g/mol. The van der Waals surface area contributed by atoms with Gasteiger partial charge in [-0.1, -0.05) is 60.7 Å². The molecule has 0 aliphatic heterocycles. The molecule has 0 saturated heterocycles. The molecule has 0 bridgehead atoms. The lowest BCUT2D eigenvalue weighted by atomic mass is 9.98. The van der Waals surface area contributed by atoms with Crippen LogP contribution >= 0.6 is 0 Å². The highest BCUT2D eigenvalue weighted by molar-refractivity contribution is 5.79. The Hall–Kier alpha value is -3.18. The molecule has 2 aliphatic rings. The highest BCUT2D eigenvalue weighted by Gasteiger charge is 2.36. The van der Waals surface area contributed by atoms with E-state index in [1.807, 2.05) is 24.3 Å². The molecule has 1 saturated carbocycles. The van der Waals surface area contributed by atoms with Crippen LogP contribution in [0.25, 0.3) is 11.1 Å². The minimum Gasteiger partial charge on any atom is -0.448 e. The zero-order valence-corrected chi connectivity index (χ0v) is 17.1. The molecule has 31 heavy (non-hydrogen) atoms. The van der Waals surface area contributed by atoms with E-state index in [-0.39, 0.29) is 30.9 Å². The van der Waals surface area contributed by atoms with Crippen molar-refractivity contribution in [2.75, 3.05) is 13.2 Å². The van der Waals surface area contributed by atoms with Crippen LogP contribution in [0.3, 0.4) is 0 Å². The molecule has 1 unspecified atom stereocenters. The van der Waals surface area contributed by atoms with Gasteiger partial charge in [-0.25, -0.2) is 9.18 Å². The number of rotatable bonds is 6. The van der Waals surface area contributed by atoms with Crippen molar-refractivity contribution in [2.45, 2.75) is 30.9 Å². The molecule has 5 rings (SSSR count). The van der Waals surface area contributed by atoms with Crippen LogP contribution in [0.2, 0.25) is 0 Å². The molecule has 1 amide bonds. The SMILES string of the molecule is O=C(OCC1c2ccccc2-c2ccccc21)N(CC(O)c1ccc(F)cc1)C1CC1. The first-order valence-corrected chi connectivity index (χ1v) is 10.7. The van der Waals surface area contributed by atoms with Gasteiger partial charge in [-0.3, -0.25) is 0 Å². The van der Waals surface area contributed by atoms with Crippen molar-refractivity contribution in [1.29, 1.82) is 0 Å². The Morgan fingerprint density at radius 1 is 0.968 bits per heavy atom. The van der Waals surface area contributed by atoms with Crippen LogP contribution in [0.5, 0.6) is 0 Å². The van der Waals surface area contributed by atoms with Crippen LogP contribution in [-0.4, -0.2) is 35.3 Å². The van der Waals surface area contributed by atoms with E-state index in [4.69, 9.17) is 4.74 Å². The standard InChI is InChI=1S/C26H24FNO3/c27-18-11-9-17(10-12-18)25(29)15-28(19-13-14-19)26(30)31-16-24-22-7-3-1-5-20(22)21-6-2-4-8-23(21)24/h1-12,19,24-25,29H,13-16H2. The molecule has 3 aromatic carbocycles. The van der Waals surface area contributed by atoms with Crippen LogP contribution in [0, 0.1) is 5.82 Å². The predicted octanol–water partition coefficient (Wildman–Crippen LogP) is 5.27. The maximum Gasteiger partial charge on any atom is 0.410 e. The summed E-state index contributed by atoms with van der Waals surface area (Å²) in [5, 5.41) is 10.6. The van der Waals surface area contributed by atoms with E-state index >= 15 is 0 Å². The van der Waals surface area contributed by atoms with Gasteiger partial charge < -0.3 is 14.7 Å². The van der Waals surface area contributed by atoms with E-state index in [9.17, 15) is 14.3 Å². The number of fused-ring (bicyclic) bond motifs is 3. The first-order valence-electron chi connectivity index (χ1n) is 10.7. The molecule has 5 heteroatoms.